The van der Waals surface area contributed by atoms with Crippen molar-refractivity contribution in [1.29, 1.82) is 0 Å². The monoisotopic (exact) mass is 309 g/mol. The maximum Gasteiger partial charge on any atom is 0.207 e. The summed E-state index contributed by atoms with van der Waals surface area (Å²) in [4.78, 5) is 15.5. The Labute approximate surface area is 134 Å². The quantitative estimate of drug-likeness (QED) is 0.743. The number of hydrogen-bond acceptors (Lipinski definition) is 5. The number of pyridine rings is 2. The van der Waals surface area contributed by atoms with Crippen LogP contribution in [-0.4, -0.2) is 38.7 Å². The number of ether oxygens (including phenoxy) is 1. The van der Waals surface area contributed by atoms with Gasteiger partial charge in [0.1, 0.15) is 17.4 Å². The molecule has 0 amide bonds. The van der Waals surface area contributed by atoms with E-state index in [2.05, 4.69) is 19.4 Å². The molecule has 1 saturated heterocycles. The first-order chi connectivity index (χ1) is 11.2. The molecule has 0 aliphatic carbocycles. The topological polar surface area (TPSA) is 56.1 Å². The van der Waals surface area contributed by atoms with Crippen molar-refractivity contribution in [2.75, 3.05) is 18.0 Å². The van der Waals surface area contributed by atoms with Crippen LogP contribution in [0.5, 0.6) is 5.75 Å². The van der Waals surface area contributed by atoms with Crippen molar-refractivity contribution in [2.45, 2.75) is 19.4 Å². The van der Waals surface area contributed by atoms with Gasteiger partial charge in [-0.25, -0.2) is 9.97 Å². The number of hydrogen-bond donors (Lipinski definition) is 0. The number of fused-ring (bicyclic) bond motifs is 1. The van der Waals surface area contributed by atoms with Crippen LogP contribution in [0.4, 0.5) is 5.95 Å². The third-order valence-corrected chi connectivity index (χ3v) is 4.29. The molecule has 0 bridgehead atoms. The van der Waals surface area contributed by atoms with Crippen molar-refractivity contribution >= 4 is 17.1 Å². The minimum Gasteiger partial charge on any atom is -0.488 e. The molecule has 4 rings (SSSR count). The first-order valence-electron chi connectivity index (χ1n) is 7.82. The van der Waals surface area contributed by atoms with Gasteiger partial charge in [0.15, 0.2) is 5.65 Å². The van der Waals surface area contributed by atoms with Gasteiger partial charge in [-0.1, -0.05) is 0 Å². The molecular formula is C17H19N5O. The molecule has 23 heavy (non-hydrogen) atoms. The van der Waals surface area contributed by atoms with Crippen molar-refractivity contribution in [3.63, 3.8) is 0 Å². The van der Waals surface area contributed by atoms with Gasteiger partial charge < -0.3 is 9.64 Å². The first kappa shape index (κ1) is 14.0. The van der Waals surface area contributed by atoms with Crippen molar-refractivity contribution in [2.24, 2.45) is 7.05 Å². The van der Waals surface area contributed by atoms with Crippen LogP contribution in [-0.2, 0) is 7.05 Å². The summed E-state index contributed by atoms with van der Waals surface area (Å²) < 4.78 is 8.19. The van der Waals surface area contributed by atoms with Crippen LogP contribution in [0.1, 0.15) is 12.0 Å². The van der Waals surface area contributed by atoms with Gasteiger partial charge in [0, 0.05) is 44.2 Å². The lowest BCUT2D eigenvalue weighted by Gasteiger charge is -2.18. The molecule has 0 N–H and O–H groups in total. The summed E-state index contributed by atoms with van der Waals surface area (Å²) in [6.07, 6.45) is 6.56. The molecule has 0 aromatic carbocycles. The maximum atomic E-state index is 6.14. The van der Waals surface area contributed by atoms with E-state index < -0.39 is 0 Å². The van der Waals surface area contributed by atoms with Crippen molar-refractivity contribution in [3.8, 4) is 5.75 Å². The van der Waals surface area contributed by atoms with E-state index in [1.54, 1.807) is 12.4 Å². The molecular weight excluding hydrogens is 290 g/mol. The van der Waals surface area contributed by atoms with E-state index in [0.29, 0.717) is 0 Å². The lowest BCUT2D eigenvalue weighted by atomic mass is 10.2. The summed E-state index contributed by atoms with van der Waals surface area (Å²) in [6, 6.07) is 5.84. The number of aryl methyl sites for hydroxylation is 2. The van der Waals surface area contributed by atoms with E-state index >= 15 is 0 Å². The molecule has 1 fully saturated rings. The summed E-state index contributed by atoms with van der Waals surface area (Å²) >= 11 is 0. The number of nitrogens with zero attached hydrogens (tertiary/aromatic N) is 5. The summed E-state index contributed by atoms with van der Waals surface area (Å²) in [6.45, 7) is 3.79. The SMILES string of the molecule is Cc1cnccc1OC1CCN(c2nc3cccnc3n2C)C1. The van der Waals surface area contributed by atoms with Crippen LogP contribution in [0.15, 0.2) is 36.8 Å². The van der Waals surface area contributed by atoms with Crippen molar-refractivity contribution in [1.82, 2.24) is 19.5 Å². The fourth-order valence-electron chi connectivity index (χ4n) is 3.07. The lowest BCUT2D eigenvalue weighted by molar-refractivity contribution is 0.223. The van der Waals surface area contributed by atoms with Gasteiger partial charge in [-0.15, -0.1) is 0 Å². The molecule has 3 aromatic rings. The van der Waals surface area contributed by atoms with E-state index in [0.717, 1.165) is 47.9 Å². The summed E-state index contributed by atoms with van der Waals surface area (Å²) in [5.41, 5.74) is 2.91. The van der Waals surface area contributed by atoms with E-state index in [1.807, 2.05) is 38.4 Å². The molecule has 1 aliphatic heterocycles. The molecule has 4 heterocycles. The molecule has 0 radical (unpaired) electrons. The molecule has 0 saturated carbocycles. The molecule has 1 aliphatic rings. The molecule has 1 unspecified atom stereocenters. The second-order valence-corrected chi connectivity index (χ2v) is 5.93. The standard InChI is InChI=1S/C17H19N5O/c1-12-10-18-8-5-15(12)23-13-6-9-22(11-13)17-20-14-4-3-7-19-16(14)21(17)2/h3-5,7-8,10,13H,6,9,11H2,1-2H3. The molecule has 118 valence electrons. The number of aromatic nitrogens is 4. The molecule has 0 spiro atoms. The van der Waals surface area contributed by atoms with Crippen LogP contribution >= 0.6 is 0 Å². The summed E-state index contributed by atoms with van der Waals surface area (Å²) in [7, 11) is 2.01. The highest BCUT2D eigenvalue weighted by molar-refractivity contribution is 5.74. The third kappa shape index (κ3) is 2.50. The van der Waals surface area contributed by atoms with Gasteiger partial charge in [0.25, 0.3) is 0 Å². The minimum atomic E-state index is 0.170. The molecule has 3 aromatic heterocycles. The Balaban J connectivity index is 1.53. The molecule has 6 nitrogen and oxygen atoms in total. The zero-order valence-electron chi connectivity index (χ0n) is 13.3. The van der Waals surface area contributed by atoms with Gasteiger partial charge in [0.05, 0.1) is 6.54 Å². The highest BCUT2D eigenvalue weighted by Crippen LogP contribution is 2.26. The lowest BCUT2D eigenvalue weighted by Crippen LogP contribution is -2.26. The highest BCUT2D eigenvalue weighted by atomic mass is 16.5. The zero-order chi connectivity index (χ0) is 15.8. The van der Waals surface area contributed by atoms with E-state index in [1.165, 1.54) is 0 Å². The largest absolute Gasteiger partial charge is 0.488 e. The normalized spacial score (nSPS) is 17.8. The Morgan fingerprint density at radius 2 is 2.17 bits per heavy atom. The average molecular weight is 309 g/mol. The smallest absolute Gasteiger partial charge is 0.207 e. The van der Waals surface area contributed by atoms with Gasteiger partial charge in [-0.3, -0.25) is 9.55 Å². The number of rotatable bonds is 3. The Morgan fingerprint density at radius 3 is 3.00 bits per heavy atom. The van der Waals surface area contributed by atoms with Crippen LogP contribution in [0, 0.1) is 6.92 Å². The van der Waals surface area contributed by atoms with Gasteiger partial charge in [-0.05, 0) is 25.1 Å². The van der Waals surface area contributed by atoms with Crippen molar-refractivity contribution in [3.05, 3.63) is 42.4 Å². The summed E-state index contributed by atoms with van der Waals surface area (Å²) in [5.74, 6) is 1.87. The Kier molecular flexibility index (Phi) is 3.37. The van der Waals surface area contributed by atoms with Crippen molar-refractivity contribution < 1.29 is 4.74 Å². The van der Waals surface area contributed by atoms with Gasteiger partial charge in [-0.2, -0.15) is 0 Å². The Bertz CT molecular complexity index is 844. The summed E-state index contributed by atoms with van der Waals surface area (Å²) in [5, 5.41) is 0. The van der Waals surface area contributed by atoms with E-state index in [9.17, 15) is 0 Å². The number of imidazole rings is 1. The van der Waals surface area contributed by atoms with Gasteiger partial charge in [0.2, 0.25) is 5.95 Å². The fraction of sp³-hybridized carbons (Fsp3) is 0.353. The third-order valence-electron chi connectivity index (χ3n) is 4.29. The molecule has 6 heteroatoms. The van der Waals surface area contributed by atoms with Crippen LogP contribution in [0.25, 0.3) is 11.2 Å². The van der Waals surface area contributed by atoms with Crippen LogP contribution < -0.4 is 9.64 Å². The van der Waals surface area contributed by atoms with Gasteiger partial charge >= 0.3 is 0 Å². The van der Waals surface area contributed by atoms with Crippen LogP contribution in [0.2, 0.25) is 0 Å². The second kappa shape index (κ2) is 5.53. The fourth-order valence-corrected chi connectivity index (χ4v) is 3.07. The van der Waals surface area contributed by atoms with E-state index in [4.69, 9.17) is 9.72 Å². The Morgan fingerprint density at radius 1 is 1.26 bits per heavy atom. The zero-order valence-corrected chi connectivity index (χ0v) is 13.3. The Hall–Kier alpha value is -2.63. The minimum absolute atomic E-state index is 0.170. The molecule has 1 atom stereocenters. The highest BCUT2D eigenvalue weighted by Gasteiger charge is 2.27. The second-order valence-electron chi connectivity index (χ2n) is 5.93. The predicted molar refractivity (Wildman–Crippen MR) is 88.7 cm³/mol. The average Bonchev–Trinajstić information content (AvgIpc) is 3.15. The maximum absolute atomic E-state index is 6.14. The van der Waals surface area contributed by atoms with E-state index in [-0.39, 0.29) is 6.10 Å². The number of anilines is 1. The predicted octanol–water partition coefficient (Wildman–Crippen LogP) is 2.33. The first-order valence-corrected chi connectivity index (χ1v) is 7.82. The van der Waals surface area contributed by atoms with Crippen LogP contribution in [0.3, 0.4) is 0 Å².